The first-order valence-corrected chi connectivity index (χ1v) is 28.5. The van der Waals surface area contributed by atoms with Gasteiger partial charge in [-0.3, -0.25) is 34.2 Å². The first-order chi connectivity index (χ1) is 36.3. The van der Waals surface area contributed by atoms with Crippen LogP contribution < -0.4 is 20.3 Å². The maximum atomic E-state index is 15.4. The highest BCUT2D eigenvalue weighted by molar-refractivity contribution is 6.09. The summed E-state index contributed by atoms with van der Waals surface area (Å²) in [4.78, 5) is 87.0. The van der Waals surface area contributed by atoms with E-state index < -0.39 is 10.8 Å². The van der Waals surface area contributed by atoms with Crippen LogP contribution in [0.1, 0.15) is 147 Å². The molecular formula is C59H73N9O7. The van der Waals surface area contributed by atoms with E-state index in [1.165, 1.54) is 12.8 Å². The van der Waals surface area contributed by atoms with Crippen molar-refractivity contribution in [1.82, 2.24) is 34.6 Å². The highest BCUT2D eigenvalue weighted by Crippen LogP contribution is 2.53. The first-order valence-electron chi connectivity index (χ1n) is 28.5. The third kappa shape index (κ3) is 8.69. The lowest BCUT2D eigenvalue weighted by atomic mass is 9.72. The molecule has 3 aliphatic carbocycles. The van der Waals surface area contributed by atoms with Gasteiger partial charge in [-0.2, -0.15) is 0 Å². The highest BCUT2D eigenvalue weighted by atomic mass is 16.5. The average Bonchev–Trinajstić information content (AvgIpc) is 4.01. The molecule has 3 unspecified atom stereocenters. The summed E-state index contributed by atoms with van der Waals surface area (Å²) >= 11 is 0. The van der Waals surface area contributed by atoms with Crippen LogP contribution in [-0.4, -0.2) is 134 Å². The molecule has 2 aromatic carbocycles. The van der Waals surface area contributed by atoms with Gasteiger partial charge in [-0.1, -0.05) is 31.2 Å². The lowest BCUT2D eigenvalue weighted by Gasteiger charge is -2.50. The number of anilines is 2. The zero-order valence-electron chi connectivity index (χ0n) is 43.9. The Bertz CT molecular complexity index is 2890. The number of morpholine rings is 1. The molecule has 3 saturated carbocycles. The summed E-state index contributed by atoms with van der Waals surface area (Å²) in [7, 11) is 0. The Hall–Kier alpha value is -5.87. The van der Waals surface area contributed by atoms with E-state index in [4.69, 9.17) is 19.4 Å². The molecule has 3 atom stereocenters. The molecule has 2 N–H and O–H groups in total. The lowest BCUT2D eigenvalue weighted by molar-refractivity contribution is -0.150. The minimum absolute atomic E-state index is 0.0120. The lowest BCUT2D eigenvalue weighted by Crippen LogP contribution is -2.62. The predicted octanol–water partition coefficient (Wildman–Crippen LogP) is 7.64. The Kier molecular flexibility index (Phi) is 12.3. The summed E-state index contributed by atoms with van der Waals surface area (Å²) in [6.07, 6.45) is 14.8. The molecule has 8 fully saturated rings. The molecule has 5 saturated heterocycles. The van der Waals surface area contributed by atoms with Gasteiger partial charge in [0, 0.05) is 91.4 Å². The number of piperidine rings is 3. The monoisotopic (exact) mass is 1020 g/mol. The minimum Gasteiger partial charge on any atom is -0.490 e. The number of pyridine rings is 1. The van der Waals surface area contributed by atoms with Gasteiger partial charge in [0.1, 0.15) is 11.3 Å². The molecule has 16 nitrogen and oxygen atoms in total. The maximum absolute atomic E-state index is 15.4. The van der Waals surface area contributed by atoms with Gasteiger partial charge in [-0.05, 0) is 146 Å². The van der Waals surface area contributed by atoms with Crippen LogP contribution in [-0.2, 0) is 34.1 Å². The van der Waals surface area contributed by atoms with E-state index in [2.05, 4.69) is 70.0 Å². The average molecular weight is 1020 g/mol. The number of carbonyl (C=O) groups is 5. The van der Waals surface area contributed by atoms with Gasteiger partial charge in [0.2, 0.25) is 29.5 Å². The molecule has 13 rings (SSSR count). The van der Waals surface area contributed by atoms with E-state index in [-0.39, 0.29) is 59.6 Å². The number of ether oxygens (including phenoxy) is 2. The fourth-order valence-corrected chi connectivity index (χ4v) is 14.6. The maximum Gasteiger partial charge on any atom is 0.238 e. The molecular weight excluding hydrogens is 947 g/mol. The van der Waals surface area contributed by atoms with E-state index >= 15 is 4.79 Å². The zero-order valence-corrected chi connectivity index (χ0v) is 43.9. The van der Waals surface area contributed by atoms with Crippen molar-refractivity contribution in [3.05, 3.63) is 66.0 Å². The molecule has 4 aromatic rings. The van der Waals surface area contributed by atoms with Crippen LogP contribution in [0, 0.1) is 11.3 Å². The van der Waals surface area contributed by atoms with Gasteiger partial charge in [-0.25, -0.2) is 9.97 Å². The van der Waals surface area contributed by atoms with Gasteiger partial charge >= 0.3 is 0 Å². The fourth-order valence-electron chi connectivity index (χ4n) is 14.6. The van der Waals surface area contributed by atoms with Gasteiger partial charge in [0.05, 0.1) is 48.2 Å². The number of imide groups is 1. The topological polar surface area (TPSA) is 172 Å². The van der Waals surface area contributed by atoms with Gasteiger partial charge < -0.3 is 34.1 Å². The van der Waals surface area contributed by atoms with Crippen molar-refractivity contribution in [3.63, 3.8) is 0 Å². The number of rotatable bonds is 11. The quantitative estimate of drug-likeness (QED) is 0.142. The summed E-state index contributed by atoms with van der Waals surface area (Å²) in [6, 6.07) is 18.5. The number of benzene rings is 2. The standard InChI is InChI=1S/C59H73N9O7/c1-35(2)66-34-60-49-31-48(62-53(52(49)66)61-39-9-10-39)38-8-18-47-50(28-38)68(43-29-42(30-43)67-40-11-12-41(67)33-74-32-40)57(73)59(47)22-26-65(27-23-59)56(72)58(3)20-24-64(25-21-58)55(71)37-6-15-45(16-7-37)75-44-13-4-36(5-14-44)46-17-19-51(69)63-54(46)70/h4-5,8,13-14,18,28,31,34-35,37,39-43,45-46H,6-7,9-12,15-17,19-27,29-30,32-33H2,1-3H3,(H,61,62)(H,63,69,70)/t37-,40?,41?,42-,43+,45-,46?. The number of likely N-dealkylation sites (tertiary alicyclic amines) is 2. The van der Waals surface area contributed by atoms with Gasteiger partial charge in [0.15, 0.2) is 5.82 Å². The van der Waals surface area contributed by atoms with Crippen molar-refractivity contribution < 1.29 is 33.4 Å². The number of amides is 5. The van der Waals surface area contributed by atoms with E-state index in [1.54, 1.807) is 0 Å². The molecule has 8 heterocycles. The molecule has 2 aromatic heterocycles. The third-order valence-electron chi connectivity index (χ3n) is 19.3. The van der Waals surface area contributed by atoms with Crippen molar-refractivity contribution in [1.29, 1.82) is 0 Å². The number of hydrogen-bond acceptors (Lipinski definition) is 11. The minimum atomic E-state index is -0.705. The summed E-state index contributed by atoms with van der Waals surface area (Å²) in [6.45, 7) is 10.2. The molecule has 6 aliphatic heterocycles. The van der Waals surface area contributed by atoms with Crippen molar-refractivity contribution in [3.8, 4) is 17.0 Å². The van der Waals surface area contributed by atoms with Crippen molar-refractivity contribution >= 4 is 52.1 Å². The Labute approximate surface area is 439 Å². The molecule has 1 spiro atoms. The zero-order chi connectivity index (χ0) is 51.3. The number of nitrogens with zero attached hydrogens (tertiary/aromatic N) is 7. The second-order valence-electron chi connectivity index (χ2n) is 24.4. The molecule has 396 valence electrons. The predicted molar refractivity (Wildman–Crippen MR) is 283 cm³/mol. The number of aromatic nitrogens is 3. The van der Waals surface area contributed by atoms with Gasteiger partial charge in [0.25, 0.3) is 0 Å². The van der Waals surface area contributed by atoms with E-state index in [1.807, 2.05) is 40.4 Å². The third-order valence-corrected chi connectivity index (χ3v) is 19.3. The molecule has 16 heteroatoms. The van der Waals surface area contributed by atoms with E-state index in [0.717, 1.165) is 115 Å². The highest BCUT2D eigenvalue weighted by Gasteiger charge is 2.58. The van der Waals surface area contributed by atoms with E-state index in [9.17, 15) is 19.2 Å². The van der Waals surface area contributed by atoms with Crippen molar-refractivity contribution in [2.75, 3.05) is 49.6 Å². The molecule has 5 amide bonds. The van der Waals surface area contributed by atoms with Crippen LogP contribution in [0.2, 0.25) is 0 Å². The van der Waals surface area contributed by atoms with Crippen LogP contribution in [0.4, 0.5) is 11.5 Å². The number of carbonyl (C=O) groups excluding carboxylic acids is 5. The second-order valence-corrected chi connectivity index (χ2v) is 24.4. The molecule has 0 radical (unpaired) electrons. The summed E-state index contributed by atoms with van der Waals surface area (Å²) in [5.74, 6) is 1.27. The van der Waals surface area contributed by atoms with Crippen LogP contribution in [0.15, 0.2) is 54.9 Å². The molecule has 2 bridgehead atoms. The summed E-state index contributed by atoms with van der Waals surface area (Å²) < 4.78 is 14.5. The van der Waals surface area contributed by atoms with Crippen LogP contribution in [0.5, 0.6) is 5.75 Å². The summed E-state index contributed by atoms with van der Waals surface area (Å²) in [5.41, 5.74) is 5.44. The normalized spacial score (nSPS) is 29.4. The van der Waals surface area contributed by atoms with E-state index in [0.29, 0.717) is 88.9 Å². The van der Waals surface area contributed by atoms with Crippen LogP contribution in [0.3, 0.4) is 0 Å². The Morgan fingerprint density at radius 1 is 0.800 bits per heavy atom. The number of hydrogen-bond donors (Lipinski definition) is 2. The Morgan fingerprint density at radius 3 is 2.19 bits per heavy atom. The second kappa shape index (κ2) is 19.0. The van der Waals surface area contributed by atoms with Crippen LogP contribution >= 0.6 is 0 Å². The number of nitrogens with one attached hydrogen (secondary N) is 2. The Morgan fingerprint density at radius 2 is 1.51 bits per heavy atom. The fraction of sp³-hybridized carbons (Fsp3) is 0.610. The number of fused-ring (bicyclic) bond motifs is 5. The van der Waals surface area contributed by atoms with Crippen LogP contribution in [0.25, 0.3) is 22.3 Å². The summed E-state index contributed by atoms with van der Waals surface area (Å²) in [5, 5.41) is 6.15. The molecule has 75 heavy (non-hydrogen) atoms. The largest absolute Gasteiger partial charge is 0.490 e. The SMILES string of the molecule is CC(C)n1cnc2cc(-c3ccc4c(c3)N([C@H]3C[C@@H](N5C6CCC5COC6)C3)C(=O)C43CCN(C(=O)C4(C)CCN(C(=O)[C@H]5CC[C@H](Oc6ccc(C7CCC(=O)NC7=O)cc6)CC5)CC4)CC3)nc(NC3CC3)c21. The Balaban J connectivity index is 0.663. The van der Waals surface area contributed by atoms with Gasteiger partial charge in [-0.15, -0.1) is 0 Å². The smallest absolute Gasteiger partial charge is 0.238 e. The number of imidazole rings is 1. The van der Waals surface area contributed by atoms with Crippen molar-refractivity contribution in [2.45, 2.75) is 177 Å². The van der Waals surface area contributed by atoms with Crippen molar-refractivity contribution in [2.24, 2.45) is 11.3 Å². The molecule has 9 aliphatic rings. The first kappa shape index (κ1) is 48.8.